The van der Waals surface area contributed by atoms with Crippen LogP contribution in [0.1, 0.15) is 57.0 Å². The number of guanidine groups is 1. The van der Waals surface area contributed by atoms with Crippen LogP contribution < -0.4 is 10.6 Å². The zero-order valence-corrected chi connectivity index (χ0v) is 20.1. The van der Waals surface area contributed by atoms with Crippen LogP contribution in [0.15, 0.2) is 33.9 Å². The number of hydrogen-bond donors (Lipinski definition) is 2. The molecule has 32 heavy (non-hydrogen) atoms. The van der Waals surface area contributed by atoms with Gasteiger partial charge in [0.2, 0.25) is 5.89 Å². The summed E-state index contributed by atoms with van der Waals surface area (Å²) < 4.78 is 11.2. The lowest BCUT2D eigenvalue weighted by Crippen LogP contribution is -2.40. The van der Waals surface area contributed by atoms with Crippen molar-refractivity contribution in [3.05, 3.63) is 47.4 Å². The number of rotatable bonds is 9. The molecule has 0 aliphatic heterocycles. The molecular weight excluding hydrogens is 408 g/mol. The van der Waals surface area contributed by atoms with Crippen molar-refractivity contribution in [2.75, 3.05) is 19.6 Å². The molecule has 2 aromatic heterocycles. The fourth-order valence-corrected chi connectivity index (χ4v) is 2.85. The van der Waals surface area contributed by atoms with Gasteiger partial charge in [-0.15, -0.1) is 0 Å². The number of amides is 1. The van der Waals surface area contributed by atoms with Gasteiger partial charge >= 0.3 is 6.09 Å². The maximum absolute atomic E-state index is 12.7. The summed E-state index contributed by atoms with van der Waals surface area (Å²) in [6.45, 7) is 14.1. The van der Waals surface area contributed by atoms with Gasteiger partial charge in [-0.2, -0.15) is 0 Å². The highest BCUT2D eigenvalue weighted by atomic mass is 16.6. The monoisotopic (exact) mass is 444 g/mol. The van der Waals surface area contributed by atoms with E-state index < -0.39 is 5.60 Å². The smallest absolute Gasteiger partial charge is 0.410 e. The van der Waals surface area contributed by atoms with Crippen molar-refractivity contribution in [3.63, 3.8) is 0 Å². The predicted octanol–water partition coefficient (Wildman–Crippen LogP) is 3.57. The minimum Gasteiger partial charge on any atom is -0.444 e. The first-order chi connectivity index (χ1) is 15.2. The molecule has 2 N–H and O–H groups in total. The lowest BCUT2D eigenvalue weighted by molar-refractivity contribution is 0.0232. The Bertz CT molecular complexity index is 854. The zero-order valence-electron chi connectivity index (χ0n) is 20.1. The van der Waals surface area contributed by atoms with Crippen LogP contribution in [0.2, 0.25) is 0 Å². The van der Waals surface area contributed by atoms with Crippen molar-refractivity contribution >= 4 is 12.1 Å². The molecule has 0 atom stereocenters. The maximum atomic E-state index is 12.7. The Balaban J connectivity index is 1.92. The Morgan fingerprint density at radius 3 is 2.66 bits per heavy atom. The average molecular weight is 445 g/mol. The van der Waals surface area contributed by atoms with Gasteiger partial charge in [-0.25, -0.2) is 14.8 Å². The molecule has 2 heterocycles. The van der Waals surface area contributed by atoms with Crippen LogP contribution in [-0.4, -0.2) is 52.2 Å². The molecule has 2 aromatic rings. The molecule has 0 aliphatic rings. The number of aromatic nitrogens is 2. The predicted molar refractivity (Wildman–Crippen MR) is 124 cm³/mol. The molecule has 0 bridgehead atoms. The standard InChI is InChI=1S/C23H36N6O3/c1-7-25-21(27-15-20-28-17(2)18(3)31-20)26-12-9-13-29(22(30)32-23(4,5)6)16-19-10-8-11-24-14-19/h8,10-11,14H,7,9,12-13,15-16H2,1-6H3,(H2,25,26,27). The average Bonchev–Trinajstić information content (AvgIpc) is 3.05. The van der Waals surface area contributed by atoms with Gasteiger partial charge in [0, 0.05) is 32.0 Å². The third-order valence-electron chi connectivity index (χ3n) is 4.43. The lowest BCUT2D eigenvalue weighted by Gasteiger charge is -2.27. The number of hydrogen-bond acceptors (Lipinski definition) is 6. The Hall–Kier alpha value is -3.10. The van der Waals surface area contributed by atoms with Gasteiger partial charge in [0.25, 0.3) is 0 Å². The largest absolute Gasteiger partial charge is 0.444 e. The first-order valence-electron chi connectivity index (χ1n) is 11.0. The van der Waals surface area contributed by atoms with Crippen LogP contribution in [0.5, 0.6) is 0 Å². The van der Waals surface area contributed by atoms with Crippen LogP contribution in [0.4, 0.5) is 4.79 Å². The Kier molecular flexibility index (Phi) is 9.49. The summed E-state index contributed by atoms with van der Waals surface area (Å²) in [5.41, 5.74) is 1.28. The molecule has 0 fully saturated rings. The van der Waals surface area contributed by atoms with Gasteiger partial charge in [0.15, 0.2) is 5.96 Å². The number of nitrogens with one attached hydrogen (secondary N) is 2. The van der Waals surface area contributed by atoms with E-state index in [4.69, 9.17) is 9.15 Å². The molecule has 0 spiro atoms. The van der Waals surface area contributed by atoms with E-state index in [1.807, 2.05) is 53.7 Å². The number of carbonyl (C=O) groups is 1. The number of nitrogens with zero attached hydrogens (tertiary/aromatic N) is 4. The minimum absolute atomic E-state index is 0.337. The number of aliphatic imine (C=N–C) groups is 1. The summed E-state index contributed by atoms with van der Waals surface area (Å²) in [6.07, 6.45) is 3.86. The Morgan fingerprint density at radius 2 is 2.06 bits per heavy atom. The summed E-state index contributed by atoms with van der Waals surface area (Å²) in [5, 5.41) is 6.51. The van der Waals surface area contributed by atoms with Crippen molar-refractivity contribution < 1.29 is 13.9 Å². The van der Waals surface area contributed by atoms with Gasteiger partial charge in [-0.3, -0.25) is 4.98 Å². The highest BCUT2D eigenvalue weighted by Gasteiger charge is 2.22. The molecular formula is C23H36N6O3. The van der Waals surface area contributed by atoms with E-state index in [0.29, 0.717) is 38.0 Å². The van der Waals surface area contributed by atoms with E-state index in [9.17, 15) is 4.79 Å². The van der Waals surface area contributed by atoms with Crippen molar-refractivity contribution in [1.82, 2.24) is 25.5 Å². The quantitative estimate of drug-likeness (QED) is 0.346. The molecule has 9 nitrogen and oxygen atoms in total. The van der Waals surface area contributed by atoms with E-state index in [-0.39, 0.29) is 6.09 Å². The fraction of sp³-hybridized carbons (Fsp3) is 0.565. The molecule has 0 aliphatic carbocycles. The molecule has 0 radical (unpaired) electrons. The van der Waals surface area contributed by atoms with Crippen LogP contribution in [0.3, 0.4) is 0 Å². The van der Waals surface area contributed by atoms with Crippen LogP contribution >= 0.6 is 0 Å². The molecule has 0 saturated heterocycles. The number of carbonyl (C=O) groups excluding carboxylic acids is 1. The SMILES string of the molecule is CCNC(=NCc1nc(C)c(C)o1)NCCCN(Cc1cccnc1)C(=O)OC(C)(C)C. The van der Waals surface area contributed by atoms with Crippen LogP contribution in [-0.2, 0) is 17.8 Å². The van der Waals surface area contributed by atoms with Gasteiger partial charge in [-0.05, 0) is 59.6 Å². The first kappa shape index (κ1) is 25.2. The molecule has 9 heteroatoms. The summed E-state index contributed by atoms with van der Waals surface area (Å²) in [6, 6.07) is 3.81. The third-order valence-corrected chi connectivity index (χ3v) is 4.43. The Morgan fingerprint density at radius 1 is 1.28 bits per heavy atom. The van der Waals surface area contributed by atoms with E-state index in [1.54, 1.807) is 17.3 Å². The second-order valence-electron chi connectivity index (χ2n) is 8.49. The van der Waals surface area contributed by atoms with Gasteiger partial charge in [0.05, 0.1) is 12.2 Å². The fourth-order valence-electron chi connectivity index (χ4n) is 2.85. The molecule has 176 valence electrons. The van der Waals surface area contributed by atoms with E-state index in [1.165, 1.54) is 0 Å². The number of pyridine rings is 1. The Labute approximate surface area is 190 Å². The van der Waals surface area contributed by atoms with Crippen LogP contribution in [0.25, 0.3) is 0 Å². The first-order valence-corrected chi connectivity index (χ1v) is 11.0. The van der Waals surface area contributed by atoms with Crippen molar-refractivity contribution in [3.8, 4) is 0 Å². The van der Waals surface area contributed by atoms with Crippen LogP contribution in [0, 0.1) is 13.8 Å². The topological polar surface area (TPSA) is 105 Å². The van der Waals surface area contributed by atoms with Crippen molar-refractivity contribution in [2.45, 2.75) is 66.7 Å². The molecule has 0 aromatic carbocycles. The number of oxazole rings is 1. The van der Waals surface area contributed by atoms with Gasteiger partial charge in [-0.1, -0.05) is 6.07 Å². The van der Waals surface area contributed by atoms with Gasteiger partial charge < -0.3 is 24.7 Å². The third kappa shape index (κ3) is 8.95. The number of ether oxygens (including phenoxy) is 1. The zero-order chi connectivity index (χ0) is 23.6. The van der Waals surface area contributed by atoms with E-state index in [2.05, 4.69) is 25.6 Å². The molecule has 1 amide bonds. The summed E-state index contributed by atoms with van der Waals surface area (Å²) >= 11 is 0. The normalized spacial score (nSPS) is 11.9. The highest BCUT2D eigenvalue weighted by Crippen LogP contribution is 2.13. The molecule has 0 saturated carbocycles. The maximum Gasteiger partial charge on any atom is 0.410 e. The second-order valence-corrected chi connectivity index (χ2v) is 8.49. The lowest BCUT2D eigenvalue weighted by atomic mass is 10.2. The van der Waals surface area contributed by atoms with E-state index in [0.717, 1.165) is 30.0 Å². The highest BCUT2D eigenvalue weighted by molar-refractivity contribution is 5.79. The molecule has 0 unspecified atom stereocenters. The minimum atomic E-state index is -0.552. The van der Waals surface area contributed by atoms with Crippen molar-refractivity contribution in [2.24, 2.45) is 4.99 Å². The van der Waals surface area contributed by atoms with Gasteiger partial charge in [0.1, 0.15) is 17.9 Å². The summed E-state index contributed by atoms with van der Waals surface area (Å²) in [4.78, 5) is 27.4. The summed E-state index contributed by atoms with van der Waals surface area (Å²) in [5.74, 6) is 2.07. The van der Waals surface area contributed by atoms with E-state index >= 15 is 0 Å². The summed E-state index contributed by atoms with van der Waals surface area (Å²) in [7, 11) is 0. The molecule has 2 rings (SSSR count). The second kappa shape index (κ2) is 12.1. The number of aryl methyl sites for hydroxylation is 2. The van der Waals surface area contributed by atoms with Crippen molar-refractivity contribution in [1.29, 1.82) is 0 Å².